The van der Waals surface area contributed by atoms with Crippen LogP contribution in [-0.4, -0.2) is 22.9 Å². The molecule has 0 aliphatic carbocycles. The van der Waals surface area contributed by atoms with Crippen molar-refractivity contribution in [3.63, 3.8) is 0 Å². The van der Waals surface area contributed by atoms with Gasteiger partial charge in [0, 0.05) is 16.8 Å². The summed E-state index contributed by atoms with van der Waals surface area (Å²) in [5, 5.41) is 6.74. The molecule has 0 bridgehead atoms. The van der Waals surface area contributed by atoms with E-state index in [0.29, 0.717) is 17.1 Å². The molecule has 28 heavy (non-hydrogen) atoms. The minimum absolute atomic E-state index is 0.139. The lowest BCUT2D eigenvalue weighted by molar-refractivity contribution is -0.122. The number of nitrogens with zero attached hydrogens (tertiary/aromatic N) is 1. The van der Waals surface area contributed by atoms with Gasteiger partial charge in [0.25, 0.3) is 5.91 Å². The summed E-state index contributed by atoms with van der Waals surface area (Å²) in [4.78, 5) is 29.1. The number of carbonyl (C=O) groups is 2. The van der Waals surface area contributed by atoms with Gasteiger partial charge in [0.2, 0.25) is 5.91 Å². The second-order valence-corrected chi connectivity index (χ2v) is 7.00. The number of nitrogens with one attached hydrogen (secondary N) is 2. The molecule has 2 N–H and O–H groups in total. The molecule has 0 spiro atoms. The molecule has 6 heteroatoms. The maximum Gasteiger partial charge on any atom is 0.265 e. The summed E-state index contributed by atoms with van der Waals surface area (Å²) < 4.78 is 5.54. The number of hydrogen-bond donors (Lipinski definition) is 2. The quantitative estimate of drug-likeness (QED) is 0.731. The van der Waals surface area contributed by atoms with Crippen LogP contribution < -0.4 is 15.4 Å². The second kappa shape index (κ2) is 6.96. The first-order chi connectivity index (χ1) is 13.4. The van der Waals surface area contributed by atoms with Crippen LogP contribution in [0.15, 0.2) is 42.5 Å². The number of ether oxygens (including phenoxy) is 1. The van der Waals surface area contributed by atoms with Crippen LogP contribution in [0.4, 0.5) is 11.4 Å². The summed E-state index contributed by atoms with van der Waals surface area (Å²) >= 11 is 0. The highest BCUT2D eigenvalue weighted by Crippen LogP contribution is 2.32. The van der Waals surface area contributed by atoms with Gasteiger partial charge in [-0.3, -0.25) is 14.6 Å². The van der Waals surface area contributed by atoms with Crippen LogP contribution in [0.1, 0.15) is 23.7 Å². The fourth-order valence-corrected chi connectivity index (χ4v) is 3.48. The maximum absolute atomic E-state index is 12.6. The highest BCUT2D eigenvalue weighted by Gasteiger charge is 2.23. The van der Waals surface area contributed by atoms with Gasteiger partial charge in [-0.05, 0) is 56.2 Å². The highest BCUT2D eigenvalue weighted by molar-refractivity contribution is 5.99. The normalized spacial score (nSPS) is 15.5. The minimum atomic E-state index is -0.528. The Morgan fingerprint density at radius 3 is 2.82 bits per heavy atom. The van der Waals surface area contributed by atoms with E-state index in [1.54, 1.807) is 25.1 Å². The van der Waals surface area contributed by atoms with Crippen LogP contribution in [0.2, 0.25) is 0 Å². The molecule has 4 rings (SSSR count). The molecule has 2 amide bonds. The van der Waals surface area contributed by atoms with Crippen molar-refractivity contribution in [2.75, 3.05) is 10.6 Å². The first-order valence-electron chi connectivity index (χ1n) is 9.18. The van der Waals surface area contributed by atoms with Crippen LogP contribution in [0.3, 0.4) is 0 Å². The van der Waals surface area contributed by atoms with Gasteiger partial charge in [-0.2, -0.15) is 0 Å². The topological polar surface area (TPSA) is 80.3 Å². The molecule has 2 aromatic carbocycles. The molecule has 2 heterocycles. The van der Waals surface area contributed by atoms with Gasteiger partial charge in [0.05, 0.1) is 17.6 Å². The van der Waals surface area contributed by atoms with Crippen molar-refractivity contribution in [1.82, 2.24) is 4.98 Å². The Labute approximate surface area is 162 Å². The van der Waals surface area contributed by atoms with Crippen molar-refractivity contribution < 1.29 is 14.3 Å². The molecule has 0 unspecified atom stereocenters. The van der Waals surface area contributed by atoms with Crippen LogP contribution >= 0.6 is 0 Å². The van der Waals surface area contributed by atoms with Gasteiger partial charge in [-0.1, -0.05) is 18.2 Å². The van der Waals surface area contributed by atoms with E-state index in [2.05, 4.69) is 15.6 Å². The van der Waals surface area contributed by atoms with Gasteiger partial charge >= 0.3 is 0 Å². The summed E-state index contributed by atoms with van der Waals surface area (Å²) in [6.45, 7) is 5.64. The van der Waals surface area contributed by atoms with Gasteiger partial charge < -0.3 is 15.4 Å². The predicted molar refractivity (Wildman–Crippen MR) is 109 cm³/mol. The van der Waals surface area contributed by atoms with Crippen molar-refractivity contribution in [2.24, 2.45) is 0 Å². The lowest BCUT2D eigenvalue weighted by atomic mass is 9.99. The van der Waals surface area contributed by atoms with E-state index < -0.39 is 6.10 Å². The van der Waals surface area contributed by atoms with Gasteiger partial charge in [0.15, 0.2) is 6.10 Å². The van der Waals surface area contributed by atoms with Crippen LogP contribution in [0, 0.1) is 13.8 Å². The fourth-order valence-electron chi connectivity index (χ4n) is 3.48. The van der Waals surface area contributed by atoms with E-state index >= 15 is 0 Å². The molecule has 3 aromatic rings. The lowest BCUT2D eigenvalue weighted by Gasteiger charge is -2.23. The molecule has 0 saturated heterocycles. The van der Waals surface area contributed by atoms with Crippen LogP contribution in [0.25, 0.3) is 10.9 Å². The molecule has 1 aliphatic rings. The average Bonchev–Trinajstić information content (AvgIpc) is 2.66. The summed E-state index contributed by atoms with van der Waals surface area (Å²) in [6, 6.07) is 13.1. The number of para-hydroxylation sites is 1. The monoisotopic (exact) mass is 375 g/mol. The maximum atomic E-state index is 12.6. The zero-order valence-electron chi connectivity index (χ0n) is 16.0. The summed E-state index contributed by atoms with van der Waals surface area (Å²) in [6.07, 6.45) is -0.300. The largest absolute Gasteiger partial charge is 0.479 e. The average molecular weight is 375 g/mol. The first kappa shape index (κ1) is 18.0. The second-order valence-electron chi connectivity index (χ2n) is 7.00. The van der Waals surface area contributed by atoms with E-state index in [-0.39, 0.29) is 18.2 Å². The summed E-state index contributed by atoms with van der Waals surface area (Å²) in [7, 11) is 0. The Balaban J connectivity index is 1.55. The van der Waals surface area contributed by atoms with Crippen LogP contribution in [0.5, 0.6) is 5.75 Å². The van der Waals surface area contributed by atoms with Crippen molar-refractivity contribution in [3.05, 3.63) is 59.3 Å². The summed E-state index contributed by atoms with van der Waals surface area (Å²) in [5.74, 6) is 0.250. The van der Waals surface area contributed by atoms with E-state index in [9.17, 15) is 9.59 Å². The third-order valence-electron chi connectivity index (χ3n) is 5.02. The van der Waals surface area contributed by atoms with Crippen molar-refractivity contribution >= 4 is 34.1 Å². The number of aryl methyl sites for hydroxylation is 2. The molecular formula is C22H21N3O3. The third kappa shape index (κ3) is 3.29. The minimum Gasteiger partial charge on any atom is -0.479 e. The molecule has 142 valence electrons. The predicted octanol–water partition coefficient (Wildman–Crippen LogP) is 3.75. The number of benzene rings is 2. The molecule has 1 aromatic heterocycles. The Morgan fingerprint density at radius 1 is 1.21 bits per heavy atom. The zero-order valence-corrected chi connectivity index (χ0v) is 16.0. The van der Waals surface area contributed by atoms with Crippen LogP contribution in [-0.2, 0) is 16.0 Å². The van der Waals surface area contributed by atoms with E-state index in [1.807, 2.05) is 38.1 Å². The van der Waals surface area contributed by atoms with Crippen molar-refractivity contribution in [2.45, 2.75) is 33.3 Å². The van der Waals surface area contributed by atoms with E-state index in [4.69, 9.17) is 4.74 Å². The molecule has 0 radical (unpaired) electrons. The molecule has 0 saturated carbocycles. The van der Waals surface area contributed by atoms with Crippen molar-refractivity contribution in [1.29, 1.82) is 0 Å². The standard InChI is InChI=1S/C22H21N3O3/c1-12-16-6-4-5-7-18(16)23-13(2)17(12)11-21(26)24-15-8-9-20-19(10-15)25-22(27)14(3)28-20/h4-10,14H,11H2,1-3H3,(H,24,26)(H,25,27)/t14-/m1/s1. The number of hydrogen-bond acceptors (Lipinski definition) is 4. The number of rotatable bonds is 3. The smallest absolute Gasteiger partial charge is 0.265 e. The van der Waals surface area contributed by atoms with Gasteiger partial charge in [-0.15, -0.1) is 0 Å². The SMILES string of the molecule is Cc1nc2ccccc2c(C)c1CC(=O)Nc1ccc2c(c1)NC(=O)[C@@H](C)O2. The first-order valence-corrected chi connectivity index (χ1v) is 9.18. The van der Waals surface area contributed by atoms with Gasteiger partial charge in [0.1, 0.15) is 5.75 Å². The number of fused-ring (bicyclic) bond motifs is 2. The number of aromatic nitrogens is 1. The molecule has 1 atom stereocenters. The molecule has 0 fully saturated rings. The Hall–Kier alpha value is -3.41. The van der Waals surface area contributed by atoms with Crippen molar-refractivity contribution in [3.8, 4) is 5.75 Å². The number of anilines is 2. The zero-order chi connectivity index (χ0) is 19.8. The number of carbonyl (C=O) groups excluding carboxylic acids is 2. The Bertz CT molecular complexity index is 1110. The fraction of sp³-hybridized carbons (Fsp3) is 0.227. The Kier molecular flexibility index (Phi) is 4.47. The molecular weight excluding hydrogens is 354 g/mol. The lowest BCUT2D eigenvalue weighted by Crippen LogP contribution is -2.34. The Morgan fingerprint density at radius 2 is 2.00 bits per heavy atom. The van der Waals surface area contributed by atoms with E-state index in [1.165, 1.54) is 0 Å². The number of amides is 2. The van der Waals surface area contributed by atoms with Gasteiger partial charge in [-0.25, -0.2) is 0 Å². The molecule has 6 nitrogen and oxygen atoms in total. The third-order valence-corrected chi connectivity index (χ3v) is 5.02. The molecule has 1 aliphatic heterocycles. The number of pyridine rings is 1. The summed E-state index contributed by atoms with van der Waals surface area (Å²) in [5.41, 5.74) is 4.94. The highest BCUT2D eigenvalue weighted by atomic mass is 16.5. The van der Waals surface area contributed by atoms with E-state index in [0.717, 1.165) is 27.7 Å².